The normalized spacial score (nSPS) is 15.5. The summed E-state index contributed by atoms with van der Waals surface area (Å²) in [5.41, 5.74) is 9.85. The maximum absolute atomic E-state index is 5.38. The molecule has 1 aromatic heterocycles. The van der Waals surface area contributed by atoms with Gasteiger partial charge in [0.2, 0.25) is 0 Å². The number of para-hydroxylation sites is 3. The predicted octanol–water partition coefficient (Wildman–Crippen LogP) is 9.62. The van der Waals surface area contributed by atoms with Crippen LogP contribution in [0.2, 0.25) is 0 Å². The number of benzene rings is 4. The lowest BCUT2D eigenvalue weighted by Gasteiger charge is -2.40. The number of hydrogen-bond donors (Lipinski definition) is 1. The standard InChI is InChI=1S/C39H40N6/c1-6-7-13-27-18-24-30(25-19-27)40-36-38-42-37-34(26(2)43-45(37)31-14-9-8-10-15-31)35(28-20-22-29(23-21-28)39(3,4)5)44(38)33-17-12-11-16-32(33)41-36/h8-12,14-25,35H,6-7,13H2,1-5H3,(H,40,41)/t35-/m0/s1. The van der Waals surface area contributed by atoms with Crippen LogP contribution in [0.15, 0.2) is 113 Å². The summed E-state index contributed by atoms with van der Waals surface area (Å²) in [7, 11) is 0. The molecule has 0 spiro atoms. The van der Waals surface area contributed by atoms with Crippen molar-refractivity contribution in [2.24, 2.45) is 9.98 Å². The summed E-state index contributed by atoms with van der Waals surface area (Å²) in [6, 6.07) is 36.3. The highest BCUT2D eigenvalue weighted by Crippen LogP contribution is 2.48. The second-order valence-electron chi connectivity index (χ2n) is 13.0. The minimum atomic E-state index is -0.149. The van der Waals surface area contributed by atoms with Gasteiger partial charge in [0.1, 0.15) is 0 Å². The molecule has 5 aromatic rings. The summed E-state index contributed by atoms with van der Waals surface area (Å²) in [6.07, 6.45) is 3.47. The van der Waals surface area contributed by atoms with Crippen LogP contribution in [-0.2, 0) is 11.8 Å². The highest BCUT2D eigenvalue weighted by Gasteiger charge is 2.41. The number of anilines is 2. The summed E-state index contributed by atoms with van der Waals surface area (Å²) in [5.74, 6) is 2.33. The van der Waals surface area contributed by atoms with Crippen molar-refractivity contribution in [1.82, 2.24) is 9.78 Å². The molecule has 0 bridgehead atoms. The lowest BCUT2D eigenvalue weighted by atomic mass is 9.85. The van der Waals surface area contributed by atoms with Gasteiger partial charge in [-0.05, 0) is 78.3 Å². The number of nitrogens with one attached hydrogen (secondary N) is 1. The molecule has 1 atom stereocenters. The number of rotatable bonds is 6. The van der Waals surface area contributed by atoms with Gasteiger partial charge in [0.15, 0.2) is 17.5 Å². The van der Waals surface area contributed by atoms with Crippen LogP contribution in [0.5, 0.6) is 0 Å². The molecule has 1 N–H and O–H groups in total. The number of fused-ring (bicyclic) bond motifs is 4. The van der Waals surface area contributed by atoms with Gasteiger partial charge in [-0.1, -0.05) is 101 Å². The van der Waals surface area contributed by atoms with Crippen molar-refractivity contribution in [2.75, 3.05) is 10.2 Å². The molecule has 2 aliphatic rings. The van der Waals surface area contributed by atoms with E-state index in [4.69, 9.17) is 15.1 Å². The van der Waals surface area contributed by atoms with Crippen molar-refractivity contribution in [3.05, 3.63) is 131 Å². The Morgan fingerprint density at radius 2 is 1.51 bits per heavy atom. The molecule has 45 heavy (non-hydrogen) atoms. The molecule has 4 aromatic carbocycles. The summed E-state index contributed by atoms with van der Waals surface area (Å²) < 4.78 is 1.98. The maximum atomic E-state index is 5.38. The molecule has 2 aliphatic heterocycles. The number of hydrogen-bond acceptors (Lipinski definition) is 5. The van der Waals surface area contributed by atoms with E-state index >= 15 is 0 Å². The molecule has 0 aliphatic carbocycles. The van der Waals surface area contributed by atoms with Crippen LogP contribution in [0.4, 0.5) is 22.9 Å². The molecule has 7 rings (SSSR count). The van der Waals surface area contributed by atoms with Gasteiger partial charge in [0.25, 0.3) is 0 Å². The average Bonchev–Trinajstić information content (AvgIpc) is 3.39. The van der Waals surface area contributed by atoms with Gasteiger partial charge in [-0.3, -0.25) is 0 Å². The van der Waals surface area contributed by atoms with Crippen LogP contribution < -0.4 is 10.2 Å². The Morgan fingerprint density at radius 1 is 0.800 bits per heavy atom. The quantitative estimate of drug-likeness (QED) is 0.214. The highest BCUT2D eigenvalue weighted by molar-refractivity contribution is 6.51. The van der Waals surface area contributed by atoms with E-state index in [0.717, 1.165) is 57.9 Å². The van der Waals surface area contributed by atoms with Crippen molar-refractivity contribution in [1.29, 1.82) is 0 Å². The Labute approximate surface area is 266 Å². The Hall–Kier alpha value is -4.97. The third-order valence-electron chi connectivity index (χ3n) is 8.77. The third-order valence-corrected chi connectivity index (χ3v) is 8.77. The van der Waals surface area contributed by atoms with E-state index in [1.807, 2.05) is 28.9 Å². The number of aromatic nitrogens is 2. The molecule has 6 heteroatoms. The first-order valence-electron chi connectivity index (χ1n) is 16.0. The minimum absolute atomic E-state index is 0.0601. The zero-order valence-electron chi connectivity index (χ0n) is 26.7. The van der Waals surface area contributed by atoms with Gasteiger partial charge in [-0.25, -0.2) is 14.7 Å². The molecule has 3 heterocycles. The fourth-order valence-corrected chi connectivity index (χ4v) is 6.30. The largest absolute Gasteiger partial charge is 0.337 e. The van der Waals surface area contributed by atoms with Crippen LogP contribution in [0.25, 0.3) is 5.69 Å². The smallest absolute Gasteiger partial charge is 0.179 e. The van der Waals surface area contributed by atoms with Gasteiger partial charge in [-0.15, -0.1) is 0 Å². The van der Waals surface area contributed by atoms with E-state index in [0.29, 0.717) is 0 Å². The fraction of sp³-hybridized carbons (Fsp3) is 0.256. The van der Waals surface area contributed by atoms with Crippen molar-refractivity contribution in [3.8, 4) is 5.69 Å². The number of unbranched alkanes of at least 4 members (excludes halogenated alkanes) is 1. The van der Waals surface area contributed by atoms with E-state index in [2.05, 4.69) is 124 Å². The van der Waals surface area contributed by atoms with Crippen molar-refractivity contribution >= 4 is 34.6 Å². The van der Waals surface area contributed by atoms with Crippen LogP contribution in [-0.4, -0.2) is 21.5 Å². The van der Waals surface area contributed by atoms with Crippen LogP contribution >= 0.6 is 0 Å². The number of aryl methyl sites for hydroxylation is 2. The summed E-state index contributed by atoms with van der Waals surface area (Å²) in [5, 5.41) is 8.72. The Bertz CT molecular complexity index is 1890. The second-order valence-corrected chi connectivity index (χ2v) is 13.0. The third kappa shape index (κ3) is 5.35. The number of nitrogens with zero attached hydrogens (tertiary/aromatic N) is 5. The van der Waals surface area contributed by atoms with Gasteiger partial charge in [0.05, 0.1) is 28.8 Å². The van der Waals surface area contributed by atoms with E-state index in [1.165, 1.54) is 29.5 Å². The van der Waals surface area contributed by atoms with Gasteiger partial charge < -0.3 is 10.2 Å². The number of aliphatic imine (C=N–C) groups is 2. The van der Waals surface area contributed by atoms with E-state index < -0.39 is 0 Å². The molecule has 0 saturated heterocycles. The van der Waals surface area contributed by atoms with Crippen LogP contribution in [0.1, 0.15) is 74.5 Å². The first-order chi connectivity index (χ1) is 21.8. The highest BCUT2D eigenvalue weighted by atomic mass is 15.4. The maximum Gasteiger partial charge on any atom is 0.179 e. The Kier molecular flexibility index (Phi) is 7.36. The first-order valence-corrected chi connectivity index (χ1v) is 16.0. The van der Waals surface area contributed by atoms with E-state index in [-0.39, 0.29) is 11.5 Å². The zero-order valence-corrected chi connectivity index (χ0v) is 26.7. The monoisotopic (exact) mass is 592 g/mol. The SMILES string of the molecule is CCCCc1ccc(NC2=Nc3ccccc3N3C2=Nc2c(c(C)nn2-c2ccccc2)[C@@H]3c2ccc(C(C)(C)C)cc2)cc1. The predicted molar refractivity (Wildman–Crippen MR) is 187 cm³/mol. The molecular formula is C39H40N6. The van der Waals surface area contributed by atoms with E-state index in [1.54, 1.807) is 0 Å². The van der Waals surface area contributed by atoms with Gasteiger partial charge in [-0.2, -0.15) is 5.10 Å². The van der Waals surface area contributed by atoms with Gasteiger partial charge >= 0.3 is 0 Å². The van der Waals surface area contributed by atoms with Crippen molar-refractivity contribution in [2.45, 2.75) is 65.3 Å². The van der Waals surface area contributed by atoms with Gasteiger partial charge in [0, 0.05) is 11.3 Å². The van der Waals surface area contributed by atoms with Crippen LogP contribution in [0.3, 0.4) is 0 Å². The molecule has 226 valence electrons. The second kappa shape index (κ2) is 11.5. The van der Waals surface area contributed by atoms with Crippen molar-refractivity contribution < 1.29 is 0 Å². The summed E-state index contributed by atoms with van der Waals surface area (Å²) >= 11 is 0. The summed E-state index contributed by atoms with van der Waals surface area (Å²) in [6.45, 7) is 11.1. The van der Waals surface area contributed by atoms with Crippen LogP contribution in [0, 0.1) is 6.92 Å². The first kappa shape index (κ1) is 28.8. The topological polar surface area (TPSA) is 57.8 Å². The van der Waals surface area contributed by atoms with E-state index in [9.17, 15) is 0 Å². The molecular weight excluding hydrogens is 552 g/mol. The Morgan fingerprint density at radius 3 is 2.22 bits per heavy atom. The Balaban J connectivity index is 1.41. The minimum Gasteiger partial charge on any atom is -0.337 e. The molecule has 0 unspecified atom stereocenters. The fourth-order valence-electron chi connectivity index (χ4n) is 6.30. The average molecular weight is 593 g/mol. The lowest BCUT2D eigenvalue weighted by Crippen LogP contribution is -2.46. The lowest BCUT2D eigenvalue weighted by molar-refractivity contribution is 0.589. The summed E-state index contributed by atoms with van der Waals surface area (Å²) in [4.78, 5) is 12.9. The molecule has 0 amide bonds. The molecule has 0 radical (unpaired) electrons. The number of amidine groups is 2. The molecule has 0 fully saturated rings. The molecule has 6 nitrogen and oxygen atoms in total. The van der Waals surface area contributed by atoms with Crippen molar-refractivity contribution in [3.63, 3.8) is 0 Å². The zero-order chi connectivity index (χ0) is 31.1. The molecule has 0 saturated carbocycles.